The number of carbonyl (C=O) groups is 4. The molecule has 2 heterocycles. The number of anilines is 2. The number of halogens is 1. The van der Waals surface area contributed by atoms with Gasteiger partial charge in [-0.3, -0.25) is 24.2 Å². The maximum absolute atomic E-state index is 13.1. The van der Waals surface area contributed by atoms with E-state index in [1.54, 1.807) is 49.4 Å². The van der Waals surface area contributed by atoms with Crippen molar-refractivity contribution in [2.75, 3.05) is 23.3 Å². The van der Waals surface area contributed by atoms with Gasteiger partial charge in [0, 0.05) is 4.47 Å². The molecule has 2 aliphatic rings. The van der Waals surface area contributed by atoms with Gasteiger partial charge in [0.15, 0.2) is 0 Å². The lowest BCUT2D eigenvalue weighted by Crippen LogP contribution is -2.48. The van der Waals surface area contributed by atoms with Crippen molar-refractivity contribution >= 4 is 51.1 Å². The quantitative estimate of drug-likeness (QED) is 0.691. The van der Waals surface area contributed by atoms with Crippen molar-refractivity contribution in [2.45, 2.75) is 12.5 Å². The molecule has 1 unspecified atom stereocenters. The van der Waals surface area contributed by atoms with Crippen LogP contribution in [0.5, 0.6) is 0 Å². The molecule has 9 heteroatoms. The number of nitrogens with one attached hydrogen (secondary N) is 2. The average molecular weight is 457 g/mol. The zero-order valence-electron chi connectivity index (χ0n) is 15.4. The zero-order valence-corrected chi connectivity index (χ0v) is 17.0. The van der Waals surface area contributed by atoms with Gasteiger partial charge in [-0.2, -0.15) is 0 Å². The van der Waals surface area contributed by atoms with Crippen molar-refractivity contribution in [1.82, 2.24) is 10.2 Å². The van der Waals surface area contributed by atoms with Crippen LogP contribution in [0.4, 0.5) is 16.2 Å². The molecule has 1 saturated heterocycles. The van der Waals surface area contributed by atoms with Gasteiger partial charge in [0.2, 0.25) is 11.8 Å². The molecular formula is C20H17BrN4O4. The first-order valence-electron chi connectivity index (χ1n) is 8.89. The summed E-state index contributed by atoms with van der Waals surface area (Å²) in [6.07, 6.45) is 0. The summed E-state index contributed by atoms with van der Waals surface area (Å²) in [6.45, 7) is 0.960. The molecule has 2 aliphatic heterocycles. The Morgan fingerprint density at radius 1 is 1.14 bits per heavy atom. The van der Waals surface area contributed by atoms with E-state index >= 15 is 0 Å². The van der Waals surface area contributed by atoms with Gasteiger partial charge in [0.1, 0.15) is 18.6 Å². The Labute approximate surface area is 175 Å². The van der Waals surface area contributed by atoms with Gasteiger partial charge in [-0.15, -0.1) is 0 Å². The molecule has 0 radical (unpaired) electrons. The van der Waals surface area contributed by atoms with E-state index in [1.807, 2.05) is 6.07 Å². The van der Waals surface area contributed by atoms with Crippen LogP contribution < -0.4 is 15.5 Å². The number of rotatable bonds is 3. The predicted molar refractivity (Wildman–Crippen MR) is 109 cm³/mol. The second kappa shape index (κ2) is 7.00. The lowest BCUT2D eigenvalue weighted by molar-refractivity contribution is -0.134. The van der Waals surface area contributed by atoms with Crippen molar-refractivity contribution in [1.29, 1.82) is 0 Å². The summed E-state index contributed by atoms with van der Waals surface area (Å²) in [5.41, 5.74) is 0.355. The molecule has 0 aliphatic carbocycles. The van der Waals surface area contributed by atoms with E-state index in [1.165, 1.54) is 4.90 Å². The summed E-state index contributed by atoms with van der Waals surface area (Å²) in [7, 11) is 0. The Morgan fingerprint density at radius 3 is 2.66 bits per heavy atom. The van der Waals surface area contributed by atoms with Gasteiger partial charge in [-0.05, 0) is 36.8 Å². The summed E-state index contributed by atoms with van der Waals surface area (Å²) >= 11 is 3.36. The van der Waals surface area contributed by atoms with Crippen LogP contribution in [0.3, 0.4) is 0 Å². The van der Waals surface area contributed by atoms with Crippen molar-refractivity contribution in [2.24, 2.45) is 0 Å². The molecule has 1 atom stereocenters. The van der Waals surface area contributed by atoms with Crippen LogP contribution in [0.15, 0.2) is 53.0 Å². The number of amides is 5. The first-order chi connectivity index (χ1) is 13.8. The Balaban J connectivity index is 1.59. The number of para-hydroxylation sites is 2. The number of hydrogen-bond acceptors (Lipinski definition) is 4. The smallest absolute Gasteiger partial charge is 0.323 e. The monoisotopic (exact) mass is 456 g/mol. The summed E-state index contributed by atoms with van der Waals surface area (Å²) in [5.74, 6) is -1.38. The fraction of sp³-hybridized carbons (Fsp3) is 0.200. The number of imide groups is 1. The van der Waals surface area contributed by atoms with Crippen molar-refractivity contribution in [3.05, 3.63) is 58.6 Å². The predicted octanol–water partition coefficient (Wildman–Crippen LogP) is 2.20. The minimum absolute atomic E-state index is 0.178. The van der Waals surface area contributed by atoms with Gasteiger partial charge in [0.05, 0.1) is 11.4 Å². The maximum atomic E-state index is 13.1. The van der Waals surface area contributed by atoms with Crippen LogP contribution in [-0.4, -0.2) is 41.7 Å². The van der Waals surface area contributed by atoms with Gasteiger partial charge in [0.25, 0.3) is 5.91 Å². The number of carbonyl (C=O) groups excluding carboxylic acids is 4. The topological polar surface area (TPSA) is 98.8 Å². The van der Waals surface area contributed by atoms with Crippen molar-refractivity contribution in [3.8, 4) is 0 Å². The van der Waals surface area contributed by atoms with E-state index in [9.17, 15) is 19.2 Å². The molecule has 29 heavy (non-hydrogen) atoms. The van der Waals surface area contributed by atoms with E-state index < -0.39 is 29.9 Å². The minimum Gasteiger partial charge on any atom is -0.323 e. The zero-order chi connectivity index (χ0) is 20.8. The molecule has 0 bridgehead atoms. The molecule has 2 aromatic carbocycles. The van der Waals surface area contributed by atoms with Gasteiger partial charge >= 0.3 is 6.03 Å². The van der Waals surface area contributed by atoms with Crippen molar-refractivity contribution < 1.29 is 19.2 Å². The first kappa shape index (κ1) is 19.1. The van der Waals surface area contributed by atoms with E-state index in [-0.39, 0.29) is 12.5 Å². The van der Waals surface area contributed by atoms with Gasteiger partial charge in [-0.1, -0.05) is 40.2 Å². The highest BCUT2D eigenvalue weighted by Gasteiger charge is 2.50. The van der Waals surface area contributed by atoms with E-state index in [4.69, 9.17) is 0 Å². The molecule has 148 valence electrons. The van der Waals surface area contributed by atoms with Crippen LogP contribution in [0.2, 0.25) is 0 Å². The summed E-state index contributed by atoms with van der Waals surface area (Å²) < 4.78 is 0.767. The SMILES string of the molecule is CC1(c2cccc(Br)c2)NC(=O)N(CC(=O)N2CC(=O)Nc3ccccc32)C1=O. The Bertz CT molecular complexity index is 1060. The third-order valence-electron chi connectivity index (χ3n) is 5.04. The Morgan fingerprint density at radius 2 is 1.90 bits per heavy atom. The molecule has 4 rings (SSSR count). The highest BCUT2D eigenvalue weighted by Crippen LogP contribution is 2.32. The van der Waals surface area contributed by atoms with Crippen LogP contribution >= 0.6 is 15.9 Å². The third-order valence-corrected chi connectivity index (χ3v) is 5.54. The summed E-state index contributed by atoms with van der Waals surface area (Å²) in [5, 5.41) is 5.38. The largest absolute Gasteiger partial charge is 0.325 e. The van der Waals surface area contributed by atoms with Crippen LogP contribution in [0.25, 0.3) is 0 Å². The second-order valence-corrected chi connectivity index (χ2v) is 7.92. The summed E-state index contributed by atoms with van der Waals surface area (Å²) in [6, 6.07) is 13.3. The molecule has 5 amide bonds. The number of hydrogen-bond donors (Lipinski definition) is 2. The van der Waals surface area contributed by atoms with E-state index in [2.05, 4.69) is 26.6 Å². The molecule has 0 saturated carbocycles. The van der Waals surface area contributed by atoms with Gasteiger partial charge in [-0.25, -0.2) is 4.79 Å². The number of fused-ring (bicyclic) bond motifs is 1. The molecule has 0 spiro atoms. The van der Waals surface area contributed by atoms with Crippen LogP contribution in [0, 0.1) is 0 Å². The Hall–Kier alpha value is -3.20. The fourth-order valence-corrected chi connectivity index (χ4v) is 3.91. The lowest BCUT2D eigenvalue weighted by Gasteiger charge is -2.30. The normalized spacial score (nSPS) is 21.0. The molecule has 1 fully saturated rings. The maximum Gasteiger partial charge on any atom is 0.325 e. The van der Waals surface area contributed by atoms with E-state index in [0.717, 1.165) is 9.37 Å². The number of urea groups is 1. The number of benzene rings is 2. The number of nitrogens with zero attached hydrogens (tertiary/aromatic N) is 2. The van der Waals surface area contributed by atoms with E-state index in [0.29, 0.717) is 16.9 Å². The van der Waals surface area contributed by atoms with Crippen LogP contribution in [0.1, 0.15) is 12.5 Å². The highest BCUT2D eigenvalue weighted by molar-refractivity contribution is 9.10. The molecule has 2 aromatic rings. The summed E-state index contributed by atoms with van der Waals surface area (Å²) in [4.78, 5) is 52.6. The van der Waals surface area contributed by atoms with Crippen LogP contribution in [-0.2, 0) is 19.9 Å². The fourth-order valence-electron chi connectivity index (χ4n) is 3.51. The molecular weight excluding hydrogens is 440 g/mol. The third kappa shape index (κ3) is 3.27. The standard InChI is InChI=1S/C20H17BrN4O4/c1-20(12-5-4-6-13(21)9-12)18(28)25(19(29)23-20)11-17(27)24-10-16(26)22-14-7-2-3-8-15(14)24/h2-9H,10-11H2,1H3,(H,22,26)(H,23,29). The lowest BCUT2D eigenvalue weighted by atomic mass is 9.92. The molecule has 0 aromatic heterocycles. The van der Waals surface area contributed by atoms with Gasteiger partial charge < -0.3 is 10.6 Å². The van der Waals surface area contributed by atoms with Crippen molar-refractivity contribution in [3.63, 3.8) is 0 Å². The second-order valence-electron chi connectivity index (χ2n) is 7.00. The average Bonchev–Trinajstić information content (AvgIpc) is 2.91. The molecule has 8 nitrogen and oxygen atoms in total. The minimum atomic E-state index is -1.28. The Kier molecular flexibility index (Phi) is 4.62. The first-order valence-corrected chi connectivity index (χ1v) is 9.68. The highest BCUT2D eigenvalue weighted by atomic mass is 79.9. The molecule has 2 N–H and O–H groups in total.